The topological polar surface area (TPSA) is 61.8 Å². The molecule has 0 heterocycles. The van der Waals surface area contributed by atoms with E-state index in [0.29, 0.717) is 6.61 Å². The molecule has 0 saturated heterocycles. The van der Waals surface area contributed by atoms with E-state index in [0.717, 1.165) is 32.1 Å². The summed E-state index contributed by atoms with van der Waals surface area (Å²) in [7, 11) is 0. The van der Waals surface area contributed by atoms with Crippen LogP contribution in [0.1, 0.15) is 52.9 Å². The highest BCUT2D eigenvalue weighted by Crippen LogP contribution is 2.11. The van der Waals surface area contributed by atoms with Gasteiger partial charge in [0.25, 0.3) is 0 Å². The van der Waals surface area contributed by atoms with E-state index in [1.54, 1.807) is 6.92 Å². The molecule has 1 unspecified atom stereocenters. The largest absolute Gasteiger partial charge is 0.464 e. The van der Waals surface area contributed by atoms with Crippen LogP contribution in [0.25, 0.3) is 0 Å². The minimum atomic E-state index is -0.466. The van der Waals surface area contributed by atoms with E-state index >= 15 is 0 Å². The second kappa shape index (κ2) is 12.0. The van der Waals surface area contributed by atoms with Crippen LogP contribution in [0.3, 0.4) is 0 Å². The maximum absolute atomic E-state index is 11.5. The van der Waals surface area contributed by atoms with E-state index in [2.05, 4.69) is 18.6 Å². The van der Waals surface area contributed by atoms with Crippen molar-refractivity contribution >= 4 is 11.9 Å². The lowest BCUT2D eigenvalue weighted by atomic mass is 10.1. The molecule has 0 spiro atoms. The Morgan fingerprint density at radius 2 is 1.63 bits per heavy atom. The zero-order valence-corrected chi connectivity index (χ0v) is 12.3. The molecule has 0 amide bonds. The van der Waals surface area contributed by atoms with Gasteiger partial charge in [0, 0.05) is 0 Å². The zero-order chi connectivity index (χ0) is 14.5. The molecule has 0 aliphatic carbocycles. The molecule has 0 aromatic rings. The maximum Gasteiger partial charge on any atom is 0.332 e. The molecule has 112 valence electrons. The van der Waals surface area contributed by atoms with Gasteiger partial charge in [-0.1, -0.05) is 33.1 Å². The highest BCUT2D eigenvalue weighted by molar-refractivity contribution is 5.73. The van der Waals surface area contributed by atoms with Crippen molar-refractivity contribution in [3.05, 3.63) is 0 Å². The molecular weight excluding hydrogens is 248 g/mol. The maximum atomic E-state index is 11.5. The summed E-state index contributed by atoms with van der Waals surface area (Å²) >= 11 is 0. The fourth-order valence-corrected chi connectivity index (χ4v) is 1.66. The quantitative estimate of drug-likeness (QED) is 0.542. The van der Waals surface area contributed by atoms with Crippen molar-refractivity contribution in [3.8, 4) is 0 Å². The van der Waals surface area contributed by atoms with Crippen LogP contribution in [0.4, 0.5) is 0 Å². The van der Waals surface area contributed by atoms with Gasteiger partial charge in [0.15, 0.2) is 0 Å². The van der Waals surface area contributed by atoms with Crippen LogP contribution < -0.4 is 0 Å². The van der Waals surface area contributed by atoms with Gasteiger partial charge in [0.05, 0.1) is 6.61 Å². The van der Waals surface area contributed by atoms with Gasteiger partial charge in [0.2, 0.25) is 0 Å². The minimum Gasteiger partial charge on any atom is -0.464 e. The molecule has 5 heteroatoms. The predicted octanol–water partition coefficient (Wildman–Crippen LogP) is 2.47. The Bertz CT molecular complexity index is 252. The van der Waals surface area contributed by atoms with Crippen molar-refractivity contribution in [2.75, 3.05) is 19.8 Å². The molecule has 0 radical (unpaired) electrons. The second-order valence-electron chi connectivity index (χ2n) is 4.34. The SMILES string of the molecule is CCCCC(CCC)OC(=O)COCC(=O)OCC. The standard InChI is InChI=1S/C14H26O5/c1-4-7-9-12(8-5-2)19-14(16)11-17-10-13(15)18-6-3/h12H,4-11H2,1-3H3. The van der Waals surface area contributed by atoms with Crippen molar-refractivity contribution < 1.29 is 23.8 Å². The summed E-state index contributed by atoms with van der Waals surface area (Å²) in [6.07, 6.45) is 4.81. The van der Waals surface area contributed by atoms with Gasteiger partial charge in [-0.05, 0) is 19.8 Å². The molecule has 0 aliphatic heterocycles. The molecule has 0 fully saturated rings. The van der Waals surface area contributed by atoms with E-state index in [4.69, 9.17) is 9.47 Å². The Morgan fingerprint density at radius 1 is 0.947 bits per heavy atom. The molecule has 0 aromatic carbocycles. The Labute approximate surface area is 115 Å². The van der Waals surface area contributed by atoms with E-state index < -0.39 is 11.9 Å². The highest BCUT2D eigenvalue weighted by atomic mass is 16.6. The van der Waals surface area contributed by atoms with E-state index in [-0.39, 0.29) is 19.3 Å². The van der Waals surface area contributed by atoms with Gasteiger partial charge >= 0.3 is 11.9 Å². The Morgan fingerprint density at radius 3 is 2.21 bits per heavy atom. The third kappa shape index (κ3) is 10.5. The number of carbonyl (C=O) groups is 2. The lowest BCUT2D eigenvalue weighted by Gasteiger charge is -2.16. The summed E-state index contributed by atoms with van der Waals surface area (Å²) in [6, 6.07) is 0. The second-order valence-corrected chi connectivity index (χ2v) is 4.34. The number of rotatable bonds is 11. The normalized spacial score (nSPS) is 11.9. The summed E-state index contributed by atoms with van der Waals surface area (Å²) in [5.74, 6) is -0.884. The molecule has 19 heavy (non-hydrogen) atoms. The average Bonchev–Trinajstić information content (AvgIpc) is 2.36. The van der Waals surface area contributed by atoms with Crippen molar-refractivity contribution in [3.63, 3.8) is 0 Å². The third-order valence-corrected chi connectivity index (χ3v) is 2.53. The predicted molar refractivity (Wildman–Crippen MR) is 71.8 cm³/mol. The van der Waals surface area contributed by atoms with Gasteiger partial charge in [-0.25, -0.2) is 9.59 Å². The van der Waals surface area contributed by atoms with E-state index in [1.807, 2.05) is 0 Å². The van der Waals surface area contributed by atoms with Crippen molar-refractivity contribution in [1.29, 1.82) is 0 Å². The van der Waals surface area contributed by atoms with Crippen LogP contribution in [0, 0.1) is 0 Å². The zero-order valence-electron chi connectivity index (χ0n) is 12.3. The van der Waals surface area contributed by atoms with Crippen LogP contribution >= 0.6 is 0 Å². The van der Waals surface area contributed by atoms with Crippen LogP contribution in [0.15, 0.2) is 0 Å². The number of hydrogen-bond acceptors (Lipinski definition) is 5. The molecule has 1 atom stereocenters. The molecule has 0 aromatic heterocycles. The van der Waals surface area contributed by atoms with E-state index in [9.17, 15) is 9.59 Å². The van der Waals surface area contributed by atoms with Gasteiger partial charge in [-0.3, -0.25) is 0 Å². The smallest absolute Gasteiger partial charge is 0.332 e. The number of esters is 2. The van der Waals surface area contributed by atoms with Crippen molar-refractivity contribution in [2.24, 2.45) is 0 Å². The highest BCUT2D eigenvalue weighted by Gasteiger charge is 2.14. The fraction of sp³-hybridized carbons (Fsp3) is 0.857. The summed E-state index contributed by atoms with van der Waals surface area (Å²) in [5.41, 5.74) is 0. The van der Waals surface area contributed by atoms with E-state index in [1.165, 1.54) is 0 Å². The average molecular weight is 274 g/mol. The van der Waals surface area contributed by atoms with Crippen LogP contribution in [0.2, 0.25) is 0 Å². The molecular formula is C14H26O5. The van der Waals surface area contributed by atoms with Crippen LogP contribution in [0.5, 0.6) is 0 Å². The van der Waals surface area contributed by atoms with Crippen molar-refractivity contribution in [2.45, 2.75) is 59.0 Å². The summed E-state index contributed by atoms with van der Waals surface area (Å²) in [6.45, 7) is 5.77. The van der Waals surface area contributed by atoms with Gasteiger partial charge in [0.1, 0.15) is 19.3 Å². The lowest BCUT2D eigenvalue weighted by molar-refractivity contribution is -0.159. The fourth-order valence-electron chi connectivity index (χ4n) is 1.66. The summed E-state index contributed by atoms with van der Waals surface area (Å²) in [4.78, 5) is 22.5. The first-order chi connectivity index (χ1) is 9.13. The van der Waals surface area contributed by atoms with Gasteiger partial charge in [-0.15, -0.1) is 0 Å². The van der Waals surface area contributed by atoms with Gasteiger partial charge < -0.3 is 14.2 Å². The van der Waals surface area contributed by atoms with Crippen LogP contribution in [-0.4, -0.2) is 37.9 Å². The van der Waals surface area contributed by atoms with Gasteiger partial charge in [-0.2, -0.15) is 0 Å². The third-order valence-electron chi connectivity index (χ3n) is 2.53. The first kappa shape index (κ1) is 17.9. The number of carbonyl (C=O) groups excluding carboxylic acids is 2. The monoisotopic (exact) mass is 274 g/mol. The first-order valence-corrected chi connectivity index (χ1v) is 7.06. The van der Waals surface area contributed by atoms with Crippen molar-refractivity contribution in [1.82, 2.24) is 0 Å². The number of hydrogen-bond donors (Lipinski definition) is 0. The summed E-state index contributed by atoms with van der Waals surface area (Å²) in [5, 5.41) is 0. The summed E-state index contributed by atoms with van der Waals surface area (Å²) < 4.78 is 14.9. The molecule has 0 rings (SSSR count). The lowest BCUT2D eigenvalue weighted by Crippen LogP contribution is -2.23. The molecule has 0 saturated carbocycles. The Balaban J connectivity index is 3.82. The first-order valence-electron chi connectivity index (χ1n) is 7.06. The molecule has 5 nitrogen and oxygen atoms in total. The molecule has 0 bridgehead atoms. The molecule has 0 aliphatic rings. The molecule has 0 N–H and O–H groups in total. The van der Waals surface area contributed by atoms with Crippen LogP contribution in [-0.2, 0) is 23.8 Å². The number of unbranched alkanes of at least 4 members (excludes halogenated alkanes) is 1. The Hall–Kier alpha value is -1.10. The minimum absolute atomic E-state index is 0.0383. The number of ether oxygens (including phenoxy) is 3. The Kier molecular flexibility index (Phi) is 11.3.